The highest BCUT2D eigenvalue weighted by Crippen LogP contribution is 2.54. The number of nitrogens with zero attached hydrogens (tertiary/aromatic N) is 1. The number of piperidine rings is 1. The van der Waals surface area contributed by atoms with E-state index in [4.69, 9.17) is 4.74 Å². The van der Waals surface area contributed by atoms with Crippen LogP contribution in [0, 0.1) is 5.92 Å². The maximum atomic E-state index is 13.1. The van der Waals surface area contributed by atoms with Gasteiger partial charge < -0.3 is 9.84 Å². The van der Waals surface area contributed by atoms with Crippen LogP contribution in [0.3, 0.4) is 0 Å². The Labute approximate surface area is 183 Å². The zero-order valence-corrected chi connectivity index (χ0v) is 18.7. The first-order valence-electron chi connectivity index (χ1n) is 9.98. The molecule has 0 aromatic heterocycles. The molecule has 2 aliphatic rings. The van der Waals surface area contributed by atoms with Crippen LogP contribution in [-0.4, -0.2) is 45.0 Å². The lowest BCUT2D eigenvalue weighted by Crippen LogP contribution is -2.57. The molecule has 1 heterocycles. The highest BCUT2D eigenvalue weighted by Gasteiger charge is 2.66. The number of benzene rings is 2. The fraction of sp³-hybridized carbons (Fsp3) is 0.435. The van der Waals surface area contributed by atoms with E-state index in [9.17, 15) is 19.5 Å². The molecule has 158 valence electrons. The highest BCUT2D eigenvalue weighted by atomic mass is 79.9. The first-order chi connectivity index (χ1) is 14.0. The molecule has 6 nitrogen and oxygen atoms in total. The average molecular weight is 474 g/mol. The SMILES string of the molecule is CC(C)(C)OC(=O)N1[C@@H]2C[C@@H]2C[C@@]1(CC(=O)c1ccc2cc(Br)ccc2c1)C(=O)O. The van der Waals surface area contributed by atoms with Crippen molar-refractivity contribution in [1.82, 2.24) is 4.90 Å². The van der Waals surface area contributed by atoms with Crippen molar-refractivity contribution in [3.8, 4) is 0 Å². The molecule has 4 rings (SSSR count). The van der Waals surface area contributed by atoms with Crippen LogP contribution in [0.2, 0.25) is 0 Å². The van der Waals surface area contributed by atoms with Gasteiger partial charge in [-0.3, -0.25) is 9.69 Å². The highest BCUT2D eigenvalue weighted by molar-refractivity contribution is 9.10. The lowest BCUT2D eigenvalue weighted by molar-refractivity contribution is -0.150. The third-order valence-corrected chi connectivity index (χ3v) is 6.34. The molecule has 7 heteroatoms. The van der Waals surface area contributed by atoms with Gasteiger partial charge in [-0.05, 0) is 68.5 Å². The number of rotatable bonds is 4. The van der Waals surface area contributed by atoms with Crippen molar-refractivity contribution in [2.24, 2.45) is 5.92 Å². The maximum absolute atomic E-state index is 13.1. The van der Waals surface area contributed by atoms with E-state index in [1.165, 1.54) is 4.90 Å². The summed E-state index contributed by atoms with van der Waals surface area (Å²) in [7, 11) is 0. The molecule has 2 aromatic rings. The summed E-state index contributed by atoms with van der Waals surface area (Å²) in [5.41, 5.74) is -1.87. The number of Topliss-reactive ketones (excluding diaryl/α,β-unsaturated/α-hetero) is 1. The molecule has 1 amide bonds. The van der Waals surface area contributed by atoms with E-state index in [1.807, 2.05) is 24.3 Å². The summed E-state index contributed by atoms with van der Waals surface area (Å²) in [5, 5.41) is 12.0. The van der Waals surface area contributed by atoms with Gasteiger partial charge in [0.25, 0.3) is 0 Å². The van der Waals surface area contributed by atoms with Crippen molar-refractivity contribution < 1.29 is 24.2 Å². The smallest absolute Gasteiger partial charge is 0.411 e. The van der Waals surface area contributed by atoms with Gasteiger partial charge in [0.15, 0.2) is 11.3 Å². The molecule has 1 saturated heterocycles. The van der Waals surface area contributed by atoms with E-state index in [0.717, 1.165) is 21.7 Å². The number of carboxylic acids is 1. The van der Waals surface area contributed by atoms with Crippen LogP contribution < -0.4 is 0 Å². The molecule has 1 saturated carbocycles. The molecule has 1 aliphatic heterocycles. The first kappa shape index (κ1) is 20.8. The summed E-state index contributed by atoms with van der Waals surface area (Å²) < 4.78 is 6.43. The third kappa shape index (κ3) is 3.71. The second-order valence-electron chi connectivity index (χ2n) is 9.26. The van der Waals surface area contributed by atoms with Gasteiger partial charge in [-0.2, -0.15) is 0 Å². The van der Waals surface area contributed by atoms with Gasteiger partial charge in [0, 0.05) is 22.5 Å². The minimum atomic E-state index is -1.57. The van der Waals surface area contributed by atoms with Crippen LogP contribution in [0.5, 0.6) is 0 Å². The van der Waals surface area contributed by atoms with E-state index >= 15 is 0 Å². The van der Waals surface area contributed by atoms with Crippen molar-refractivity contribution in [1.29, 1.82) is 0 Å². The molecule has 1 aliphatic carbocycles. The average Bonchev–Trinajstić information content (AvgIpc) is 3.29. The number of likely N-dealkylation sites (tertiary alicyclic amines) is 1. The summed E-state index contributed by atoms with van der Waals surface area (Å²) in [5.74, 6) is -1.34. The maximum Gasteiger partial charge on any atom is 0.411 e. The summed E-state index contributed by atoms with van der Waals surface area (Å²) in [6, 6.07) is 10.9. The number of amides is 1. The summed E-state index contributed by atoms with van der Waals surface area (Å²) >= 11 is 3.43. The Bertz CT molecular complexity index is 1060. The molecule has 2 fully saturated rings. The summed E-state index contributed by atoms with van der Waals surface area (Å²) in [6.45, 7) is 5.23. The van der Waals surface area contributed by atoms with Gasteiger partial charge in [0.1, 0.15) is 5.60 Å². The Morgan fingerprint density at radius 1 is 1.17 bits per heavy atom. The summed E-state index contributed by atoms with van der Waals surface area (Å²) in [6.07, 6.45) is 0.105. The molecular formula is C23H24BrNO5. The van der Waals surface area contributed by atoms with Gasteiger partial charge in [-0.15, -0.1) is 0 Å². The Balaban J connectivity index is 1.64. The Kier molecular flexibility index (Phi) is 4.92. The quantitative estimate of drug-likeness (QED) is 0.629. The normalized spacial score (nSPS) is 25.1. The third-order valence-electron chi connectivity index (χ3n) is 5.84. The van der Waals surface area contributed by atoms with Crippen LogP contribution >= 0.6 is 15.9 Å². The topological polar surface area (TPSA) is 83.9 Å². The Morgan fingerprint density at radius 3 is 2.50 bits per heavy atom. The number of carbonyl (C=O) groups is 3. The molecule has 0 spiro atoms. The predicted octanol–water partition coefficient (Wildman–Crippen LogP) is 5.03. The fourth-order valence-corrected chi connectivity index (χ4v) is 4.80. The molecule has 1 N–H and O–H groups in total. The van der Waals surface area contributed by atoms with Crippen LogP contribution in [0.1, 0.15) is 50.4 Å². The number of ketones is 1. The zero-order valence-electron chi connectivity index (χ0n) is 17.1. The molecule has 0 bridgehead atoms. The van der Waals surface area contributed by atoms with Gasteiger partial charge in [-0.1, -0.05) is 34.1 Å². The van der Waals surface area contributed by atoms with E-state index in [1.54, 1.807) is 32.9 Å². The van der Waals surface area contributed by atoms with Crippen LogP contribution in [0.25, 0.3) is 10.8 Å². The molecular weight excluding hydrogens is 450 g/mol. The number of ether oxygens (including phenoxy) is 1. The lowest BCUT2D eigenvalue weighted by Gasteiger charge is -2.37. The number of fused-ring (bicyclic) bond motifs is 2. The molecule has 30 heavy (non-hydrogen) atoms. The van der Waals surface area contributed by atoms with Crippen LogP contribution in [0.4, 0.5) is 4.79 Å². The minimum Gasteiger partial charge on any atom is -0.479 e. The number of hydrogen-bond donors (Lipinski definition) is 1. The minimum absolute atomic E-state index is 0.107. The van der Waals surface area contributed by atoms with Crippen LogP contribution in [0.15, 0.2) is 40.9 Å². The standard InChI is InChI=1S/C23H24BrNO5/c1-22(2,3)30-21(29)25-18-10-16(18)11-23(25,20(27)28)12-19(26)15-5-4-14-9-17(24)7-6-13(14)8-15/h4-9,16,18H,10-12H2,1-3H3,(H,27,28)/t16-,18-,23-/m1/s1. The Hall–Kier alpha value is -2.41. The number of aliphatic carboxylic acids is 1. The number of carboxylic acid groups (broad SMARTS) is 1. The zero-order chi connectivity index (χ0) is 21.8. The van der Waals surface area contributed by atoms with E-state index < -0.39 is 23.2 Å². The molecule has 0 radical (unpaired) electrons. The largest absolute Gasteiger partial charge is 0.479 e. The second-order valence-corrected chi connectivity index (χ2v) is 10.2. The van der Waals surface area contributed by atoms with Crippen molar-refractivity contribution in [2.75, 3.05) is 0 Å². The Morgan fingerprint density at radius 2 is 1.83 bits per heavy atom. The van der Waals surface area contributed by atoms with Crippen molar-refractivity contribution in [2.45, 2.75) is 57.2 Å². The lowest BCUT2D eigenvalue weighted by atomic mass is 9.86. The predicted molar refractivity (Wildman–Crippen MR) is 116 cm³/mol. The van der Waals surface area contributed by atoms with Crippen molar-refractivity contribution in [3.63, 3.8) is 0 Å². The molecule has 3 atom stereocenters. The van der Waals surface area contributed by atoms with Crippen molar-refractivity contribution >= 4 is 44.5 Å². The second kappa shape index (κ2) is 7.08. The van der Waals surface area contributed by atoms with Gasteiger partial charge in [-0.25, -0.2) is 9.59 Å². The van der Waals surface area contributed by atoms with E-state index in [-0.39, 0.29) is 30.6 Å². The number of hydrogen-bond acceptors (Lipinski definition) is 4. The first-order valence-corrected chi connectivity index (χ1v) is 10.8. The van der Waals surface area contributed by atoms with Gasteiger partial charge >= 0.3 is 12.1 Å². The van der Waals surface area contributed by atoms with E-state index in [0.29, 0.717) is 5.56 Å². The van der Waals surface area contributed by atoms with Gasteiger partial charge in [0.05, 0.1) is 0 Å². The number of carbonyl (C=O) groups excluding carboxylic acids is 2. The van der Waals surface area contributed by atoms with Crippen LogP contribution in [-0.2, 0) is 9.53 Å². The molecule has 0 unspecified atom stereocenters. The van der Waals surface area contributed by atoms with E-state index in [2.05, 4.69) is 15.9 Å². The fourth-order valence-electron chi connectivity index (χ4n) is 4.42. The summed E-state index contributed by atoms with van der Waals surface area (Å²) in [4.78, 5) is 39.7. The van der Waals surface area contributed by atoms with Crippen molar-refractivity contribution in [3.05, 3.63) is 46.4 Å². The number of halogens is 1. The molecule has 2 aromatic carbocycles. The van der Waals surface area contributed by atoms with Gasteiger partial charge in [0.2, 0.25) is 0 Å². The monoisotopic (exact) mass is 473 g/mol.